The van der Waals surface area contributed by atoms with E-state index in [2.05, 4.69) is 5.32 Å². The van der Waals surface area contributed by atoms with Crippen LogP contribution in [0.15, 0.2) is 54.6 Å². The van der Waals surface area contributed by atoms with Crippen molar-refractivity contribution in [3.63, 3.8) is 0 Å². The third kappa shape index (κ3) is 5.17. The zero-order chi connectivity index (χ0) is 19.1. The predicted molar refractivity (Wildman–Crippen MR) is 106 cm³/mol. The number of likely N-dealkylation sites (tertiary alicyclic amines) is 1. The highest BCUT2D eigenvalue weighted by Crippen LogP contribution is 2.13. The van der Waals surface area contributed by atoms with E-state index in [1.165, 1.54) is 0 Å². The van der Waals surface area contributed by atoms with Gasteiger partial charge in [-0.1, -0.05) is 42.5 Å². The highest BCUT2D eigenvalue weighted by atomic mass is 16.2. The van der Waals surface area contributed by atoms with Crippen molar-refractivity contribution in [1.29, 1.82) is 0 Å². The summed E-state index contributed by atoms with van der Waals surface area (Å²) in [5, 5.41) is 2.96. The Kier molecular flexibility index (Phi) is 6.60. The molecular weight excluding hydrogens is 338 g/mol. The van der Waals surface area contributed by atoms with Crippen LogP contribution in [0.1, 0.15) is 40.7 Å². The lowest BCUT2D eigenvalue weighted by Gasteiger charge is -2.31. The molecule has 1 aliphatic heterocycles. The Morgan fingerprint density at radius 3 is 2.37 bits per heavy atom. The van der Waals surface area contributed by atoms with E-state index in [0.29, 0.717) is 18.5 Å². The fourth-order valence-corrected chi connectivity index (χ4v) is 3.47. The Bertz CT molecular complexity index is 770. The topological polar surface area (TPSA) is 75.4 Å². The number of carbonyl (C=O) groups excluding carboxylic acids is 2. The SMILES string of the molecule is NCc1cccc(C(=O)N[C@@H](Cc2ccccc2)C(=O)N2CCCCC2)c1. The van der Waals surface area contributed by atoms with Crippen LogP contribution in [0.5, 0.6) is 0 Å². The van der Waals surface area contributed by atoms with Crippen LogP contribution in [0, 0.1) is 0 Å². The number of amides is 2. The van der Waals surface area contributed by atoms with E-state index in [1.54, 1.807) is 12.1 Å². The molecule has 0 spiro atoms. The summed E-state index contributed by atoms with van der Waals surface area (Å²) in [5.41, 5.74) is 8.13. The number of piperidine rings is 1. The van der Waals surface area contributed by atoms with Crippen LogP contribution in [0.4, 0.5) is 0 Å². The van der Waals surface area contributed by atoms with Gasteiger partial charge in [-0.2, -0.15) is 0 Å². The lowest BCUT2D eigenvalue weighted by Crippen LogP contribution is -2.51. The molecule has 5 nitrogen and oxygen atoms in total. The lowest BCUT2D eigenvalue weighted by molar-refractivity contribution is -0.134. The number of nitrogens with zero attached hydrogens (tertiary/aromatic N) is 1. The molecule has 2 aromatic carbocycles. The molecule has 2 amide bonds. The van der Waals surface area contributed by atoms with Gasteiger partial charge in [0.05, 0.1) is 0 Å². The minimum atomic E-state index is -0.570. The highest BCUT2D eigenvalue weighted by Gasteiger charge is 2.27. The molecule has 0 radical (unpaired) electrons. The summed E-state index contributed by atoms with van der Waals surface area (Å²) in [6.07, 6.45) is 3.69. The van der Waals surface area contributed by atoms with E-state index in [0.717, 1.165) is 43.5 Å². The third-order valence-electron chi connectivity index (χ3n) is 4.98. The van der Waals surface area contributed by atoms with Gasteiger partial charge in [-0.25, -0.2) is 0 Å². The van der Waals surface area contributed by atoms with E-state index in [-0.39, 0.29) is 11.8 Å². The Morgan fingerprint density at radius 2 is 1.67 bits per heavy atom. The minimum absolute atomic E-state index is 0.00174. The molecule has 1 aliphatic rings. The second-order valence-corrected chi connectivity index (χ2v) is 7.01. The van der Waals surface area contributed by atoms with E-state index in [9.17, 15) is 9.59 Å². The van der Waals surface area contributed by atoms with E-state index >= 15 is 0 Å². The molecule has 3 N–H and O–H groups in total. The van der Waals surface area contributed by atoms with Crippen LogP contribution in [-0.2, 0) is 17.8 Å². The fraction of sp³-hybridized carbons (Fsp3) is 0.364. The zero-order valence-corrected chi connectivity index (χ0v) is 15.6. The second kappa shape index (κ2) is 9.33. The number of nitrogens with one attached hydrogen (secondary N) is 1. The monoisotopic (exact) mass is 365 g/mol. The minimum Gasteiger partial charge on any atom is -0.341 e. The molecule has 0 unspecified atom stereocenters. The van der Waals surface area contributed by atoms with Crippen LogP contribution < -0.4 is 11.1 Å². The maximum Gasteiger partial charge on any atom is 0.251 e. The van der Waals surface area contributed by atoms with Crippen LogP contribution in [-0.4, -0.2) is 35.8 Å². The quantitative estimate of drug-likeness (QED) is 0.826. The maximum absolute atomic E-state index is 13.1. The van der Waals surface area contributed by atoms with Gasteiger partial charge in [0.15, 0.2) is 0 Å². The Balaban J connectivity index is 1.77. The fourth-order valence-electron chi connectivity index (χ4n) is 3.47. The highest BCUT2D eigenvalue weighted by molar-refractivity contribution is 5.97. The summed E-state index contributed by atoms with van der Waals surface area (Å²) in [7, 11) is 0. The van der Waals surface area contributed by atoms with Gasteiger partial charge in [-0.15, -0.1) is 0 Å². The summed E-state index contributed by atoms with van der Waals surface area (Å²) in [6, 6.07) is 16.5. The average Bonchev–Trinajstić information content (AvgIpc) is 2.74. The zero-order valence-electron chi connectivity index (χ0n) is 15.6. The predicted octanol–water partition coefficient (Wildman–Crippen LogP) is 2.50. The smallest absolute Gasteiger partial charge is 0.251 e. The molecule has 1 saturated heterocycles. The van der Waals surface area contributed by atoms with Gasteiger partial charge in [-0.3, -0.25) is 9.59 Å². The first-order valence-corrected chi connectivity index (χ1v) is 9.60. The summed E-state index contributed by atoms with van der Waals surface area (Å²) >= 11 is 0. The first-order valence-electron chi connectivity index (χ1n) is 9.60. The number of carbonyl (C=O) groups is 2. The van der Waals surface area contributed by atoms with Gasteiger partial charge in [0.2, 0.25) is 5.91 Å². The van der Waals surface area contributed by atoms with Gasteiger partial charge in [0, 0.05) is 31.6 Å². The molecule has 1 fully saturated rings. The molecule has 27 heavy (non-hydrogen) atoms. The van der Waals surface area contributed by atoms with Gasteiger partial charge < -0.3 is 16.0 Å². The van der Waals surface area contributed by atoms with Crippen molar-refractivity contribution in [2.45, 2.75) is 38.3 Å². The normalized spacial score (nSPS) is 15.2. The van der Waals surface area contributed by atoms with Crippen molar-refractivity contribution >= 4 is 11.8 Å². The van der Waals surface area contributed by atoms with Crippen molar-refractivity contribution in [2.24, 2.45) is 5.73 Å². The van der Waals surface area contributed by atoms with Gasteiger partial charge in [-0.05, 0) is 42.5 Å². The van der Waals surface area contributed by atoms with Crippen LogP contribution in [0.2, 0.25) is 0 Å². The van der Waals surface area contributed by atoms with Crippen LogP contribution >= 0.6 is 0 Å². The molecule has 5 heteroatoms. The molecule has 2 aromatic rings. The summed E-state index contributed by atoms with van der Waals surface area (Å²) in [5.74, 6) is -0.238. The van der Waals surface area contributed by atoms with Gasteiger partial charge in [0.25, 0.3) is 5.91 Å². The van der Waals surface area contributed by atoms with E-state index < -0.39 is 6.04 Å². The van der Waals surface area contributed by atoms with Crippen molar-refractivity contribution in [1.82, 2.24) is 10.2 Å². The summed E-state index contributed by atoms with van der Waals surface area (Å²) in [4.78, 5) is 27.7. The first-order chi connectivity index (χ1) is 13.2. The molecule has 0 saturated carbocycles. The van der Waals surface area contributed by atoms with Crippen molar-refractivity contribution in [2.75, 3.05) is 13.1 Å². The molecule has 3 rings (SSSR count). The molecule has 1 heterocycles. The van der Waals surface area contributed by atoms with Crippen LogP contribution in [0.25, 0.3) is 0 Å². The number of hydrogen-bond acceptors (Lipinski definition) is 3. The number of nitrogens with two attached hydrogens (primary N) is 1. The number of rotatable bonds is 6. The molecular formula is C22H27N3O2. The standard InChI is InChI=1S/C22H27N3O2/c23-16-18-10-7-11-19(14-18)21(26)24-20(15-17-8-3-1-4-9-17)22(27)25-12-5-2-6-13-25/h1,3-4,7-11,14,20H,2,5-6,12-13,15-16,23H2,(H,24,26)/t20-/m0/s1. The third-order valence-corrected chi connectivity index (χ3v) is 4.98. The molecule has 1 atom stereocenters. The Labute approximate surface area is 160 Å². The van der Waals surface area contributed by atoms with Gasteiger partial charge >= 0.3 is 0 Å². The Hall–Kier alpha value is -2.66. The van der Waals surface area contributed by atoms with E-state index in [4.69, 9.17) is 5.73 Å². The lowest BCUT2D eigenvalue weighted by atomic mass is 10.0. The molecule has 0 bridgehead atoms. The van der Waals surface area contributed by atoms with E-state index in [1.807, 2.05) is 47.4 Å². The van der Waals surface area contributed by atoms with Crippen molar-refractivity contribution < 1.29 is 9.59 Å². The molecule has 0 aromatic heterocycles. The summed E-state index contributed by atoms with van der Waals surface area (Å²) in [6.45, 7) is 1.91. The van der Waals surface area contributed by atoms with Crippen molar-refractivity contribution in [3.8, 4) is 0 Å². The van der Waals surface area contributed by atoms with Crippen LogP contribution in [0.3, 0.4) is 0 Å². The first kappa shape index (κ1) is 19.1. The Morgan fingerprint density at radius 1 is 0.963 bits per heavy atom. The second-order valence-electron chi connectivity index (χ2n) is 7.01. The number of benzene rings is 2. The molecule has 0 aliphatic carbocycles. The van der Waals surface area contributed by atoms with Gasteiger partial charge in [0.1, 0.15) is 6.04 Å². The molecule has 142 valence electrons. The van der Waals surface area contributed by atoms with Crippen molar-refractivity contribution in [3.05, 3.63) is 71.3 Å². The summed E-state index contributed by atoms with van der Waals surface area (Å²) < 4.78 is 0. The average molecular weight is 365 g/mol. The number of hydrogen-bond donors (Lipinski definition) is 2. The largest absolute Gasteiger partial charge is 0.341 e. The maximum atomic E-state index is 13.1.